The van der Waals surface area contributed by atoms with Gasteiger partial charge in [0.25, 0.3) is 10.1 Å². The van der Waals surface area contributed by atoms with Crippen molar-refractivity contribution in [2.75, 3.05) is 5.73 Å². The standard InChI is InChI=1S/C10H9NO3S.Na.H/c11-10-3-1-2-7-4-5-8(6-9(7)10)15(12,13)14;;/h1-6H,11H2,(H,12,13,14);;. The molecule has 2 aromatic rings. The molecule has 0 atom stereocenters. The van der Waals surface area contributed by atoms with Crippen molar-refractivity contribution in [2.24, 2.45) is 0 Å². The van der Waals surface area contributed by atoms with Crippen LogP contribution in [0.2, 0.25) is 0 Å². The molecule has 0 amide bonds. The Morgan fingerprint density at radius 1 is 1.12 bits per heavy atom. The van der Waals surface area contributed by atoms with Crippen molar-refractivity contribution in [3.63, 3.8) is 0 Å². The second-order valence-electron chi connectivity index (χ2n) is 3.21. The monoisotopic (exact) mass is 247 g/mol. The molecular formula is C10H10NNaO3S. The number of anilines is 1. The van der Waals surface area contributed by atoms with Gasteiger partial charge in [-0.05, 0) is 23.6 Å². The van der Waals surface area contributed by atoms with Crippen molar-refractivity contribution in [2.45, 2.75) is 4.90 Å². The van der Waals surface area contributed by atoms with E-state index in [9.17, 15) is 8.42 Å². The van der Waals surface area contributed by atoms with E-state index in [0.29, 0.717) is 11.1 Å². The molecule has 0 aliphatic rings. The van der Waals surface area contributed by atoms with Gasteiger partial charge in [0.2, 0.25) is 0 Å². The number of fused-ring (bicyclic) bond motifs is 1. The van der Waals surface area contributed by atoms with Crippen molar-refractivity contribution < 1.29 is 13.0 Å². The number of hydrogen-bond donors (Lipinski definition) is 2. The van der Waals surface area contributed by atoms with Crippen LogP contribution in [0.3, 0.4) is 0 Å². The number of benzene rings is 2. The Morgan fingerprint density at radius 2 is 1.81 bits per heavy atom. The Morgan fingerprint density at radius 3 is 2.44 bits per heavy atom. The van der Waals surface area contributed by atoms with E-state index in [4.69, 9.17) is 10.3 Å². The van der Waals surface area contributed by atoms with E-state index in [1.807, 2.05) is 6.07 Å². The SMILES string of the molecule is Nc1cccc2ccc(S(=O)(=O)O)cc12.[NaH]. The van der Waals surface area contributed by atoms with Crippen molar-refractivity contribution in [1.29, 1.82) is 0 Å². The van der Waals surface area contributed by atoms with Crippen LogP contribution < -0.4 is 5.73 Å². The van der Waals surface area contributed by atoms with Gasteiger partial charge in [-0.3, -0.25) is 4.55 Å². The van der Waals surface area contributed by atoms with Crippen LogP contribution in [-0.2, 0) is 10.1 Å². The summed E-state index contributed by atoms with van der Waals surface area (Å²) in [6.07, 6.45) is 0. The average molecular weight is 247 g/mol. The molecule has 80 valence electrons. The van der Waals surface area contributed by atoms with Gasteiger partial charge in [-0.15, -0.1) is 0 Å². The fourth-order valence-electron chi connectivity index (χ4n) is 1.44. The summed E-state index contributed by atoms with van der Waals surface area (Å²) < 4.78 is 30.7. The van der Waals surface area contributed by atoms with Crippen LogP contribution in [-0.4, -0.2) is 42.5 Å². The van der Waals surface area contributed by atoms with Crippen molar-refractivity contribution in [3.05, 3.63) is 36.4 Å². The molecule has 0 spiro atoms. The van der Waals surface area contributed by atoms with Crippen LogP contribution in [0.5, 0.6) is 0 Å². The first-order chi connectivity index (χ1) is 6.98. The molecule has 0 unspecified atom stereocenters. The predicted octanol–water partition coefficient (Wildman–Crippen LogP) is 1.02. The second-order valence-corrected chi connectivity index (χ2v) is 4.63. The summed E-state index contributed by atoms with van der Waals surface area (Å²) in [5, 5.41) is 1.45. The molecule has 0 radical (unpaired) electrons. The molecule has 0 aliphatic carbocycles. The van der Waals surface area contributed by atoms with Gasteiger partial charge in [0, 0.05) is 11.1 Å². The molecule has 3 N–H and O–H groups in total. The zero-order chi connectivity index (χ0) is 11.1. The van der Waals surface area contributed by atoms with E-state index in [2.05, 4.69) is 0 Å². The molecule has 4 nitrogen and oxygen atoms in total. The Hall–Kier alpha value is -0.590. The van der Waals surface area contributed by atoms with E-state index in [1.54, 1.807) is 18.2 Å². The van der Waals surface area contributed by atoms with E-state index < -0.39 is 10.1 Å². The molecule has 0 fully saturated rings. The van der Waals surface area contributed by atoms with Crippen molar-refractivity contribution in [3.8, 4) is 0 Å². The van der Waals surface area contributed by atoms with Crippen LogP contribution >= 0.6 is 0 Å². The topological polar surface area (TPSA) is 80.4 Å². The molecule has 0 bridgehead atoms. The molecule has 2 aromatic carbocycles. The van der Waals surface area contributed by atoms with Gasteiger partial charge in [0.1, 0.15) is 0 Å². The van der Waals surface area contributed by atoms with Crippen LogP contribution in [0.25, 0.3) is 10.8 Å². The van der Waals surface area contributed by atoms with E-state index in [1.165, 1.54) is 12.1 Å². The van der Waals surface area contributed by atoms with Gasteiger partial charge in [0.05, 0.1) is 4.90 Å². The summed E-state index contributed by atoms with van der Waals surface area (Å²) in [4.78, 5) is -0.145. The summed E-state index contributed by atoms with van der Waals surface area (Å²) >= 11 is 0. The molecule has 6 heteroatoms. The van der Waals surface area contributed by atoms with Gasteiger partial charge < -0.3 is 5.73 Å². The minimum atomic E-state index is -4.17. The first-order valence-electron chi connectivity index (χ1n) is 4.24. The molecule has 2 rings (SSSR count). The van der Waals surface area contributed by atoms with E-state index in [-0.39, 0.29) is 34.5 Å². The zero-order valence-corrected chi connectivity index (χ0v) is 8.53. The average Bonchev–Trinajstić information content (AvgIpc) is 2.16. The van der Waals surface area contributed by atoms with Crippen molar-refractivity contribution in [1.82, 2.24) is 0 Å². The Balaban J connectivity index is 0.00000128. The van der Waals surface area contributed by atoms with Gasteiger partial charge in [-0.2, -0.15) is 8.42 Å². The normalized spacial score (nSPS) is 11.1. The van der Waals surface area contributed by atoms with Gasteiger partial charge in [0.15, 0.2) is 0 Å². The van der Waals surface area contributed by atoms with Crippen LogP contribution in [0, 0.1) is 0 Å². The van der Waals surface area contributed by atoms with Gasteiger partial charge >= 0.3 is 29.6 Å². The van der Waals surface area contributed by atoms with Crippen LogP contribution in [0.15, 0.2) is 41.3 Å². The maximum absolute atomic E-state index is 10.9. The summed E-state index contributed by atoms with van der Waals surface area (Å²) in [6.45, 7) is 0. The fraction of sp³-hybridized carbons (Fsp3) is 0. The first-order valence-corrected chi connectivity index (χ1v) is 5.68. The number of nitrogens with two attached hydrogens (primary N) is 1. The van der Waals surface area contributed by atoms with E-state index >= 15 is 0 Å². The van der Waals surface area contributed by atoms with Gasteiger partial charge in [-0.1, -0.05) is 18.2 Å². The van der Waals surface area contributed by atoms with Crippen LogP contribution in [0.4, 0.5) is 5.69 Å². The van der Waals surface area contributed by atoms with Crippen molar-refractivity contribution >= 4 is 56.1 Å². The third-order valence-electron chi connectivity index (χ3n) is 2.19. The Kier molecular flexibility index (Phi) is 3.98. The Labute approximate surface area is 115 Å². The summed E-state index contributed by atoms with van der Waals surface area (Å²) in [7, 11) is -4.17. The summed E-state index contributed by atoms with van der Waals surface area (Å²) in [5.41, 5.74) is 6.18. The van der Waals surface area contributed by atoms with Crippen LogP contribution in [0.1, 0.15) is 0 Å². The third-order valence-corrected chi connectivity index (χ3v) is 3.03. The van der Waals surface area contributed by atoms with E-state index in [0.717, 1.165) is 5.39 Å². The number of hydrogen-bond acceptors (Lipinski definition) is 3. The number of rotatable bonds is 1. The molecule has 0 saturated heterocycles. The predicted molar refractivity (Wildman–Crippen MR) is 65.3 cm³/mol. The third kappa shape index (κ3) is 2.56. The molecule has 0 saturated carbocycles. The first kappa shape index (κ1) is 13.5. The summed E-state index contributed by atoms with van der Waals surface area (Å²) in [5.74, 6) is 0. The van der Waals surface area contributed by atoms with Gasteiger partial charge in [-0.25, -0.2) is 0 Å². The molecule has 0 aliphatic heterocycles. The minimum absolute atomic E-state index is 0. The maximum atomic E-state index is 10.9. The molecular weight excluding hydrogens is 237 g/mol. The fourth-order valence-corrected chi connectivity index (χ4v) is 1.94. The number of nitrogen functional groups attached to an aromatic ring is 1. The molecule has 16 heavy (non-hydrogen) atoms. The Bertz CT molecular complexity index is 625. The second kappa shape index (κ2) is 4.73. The molecule has 0 heterocycles. The molecule has 0 aromatic heterocycles. The quantitative estimate of drug-likeness (QED) is 0.448. The zero-order valence-electron chi connectivity index (χ0n) is 7.71. The summed E-state index contributed by atoms with van der Waals surface area (Å²) in [6, 6.07) is 9.59.